The van der Waals surface area contributed by atoms with Crippen molar-refractivity contribution in [2.24, 2.45) is 11.8 Å². The number of aliphatic hydroxyl groups is 1. The second kappa shape index (κ2) is 24.3. The molecule has 7 amide bonds. The van der Waals surface area contributed by atoms with E-state index >= 15 is 0 Å². The van der Waals surface area contributed by atoms with Crippen molar-refractivity contribution < 1.29 is 58.8 Å². The lowest BCUT2D eigenvalue weighted by Gasteiger charge is -2.33. The minimum Gasteiger partial charge on any atom is -0.508 e. The van der Waals surface area contributed by atoms with Gasteiger partial charge in [0, 0.05) is 19.4 Å². The van der Waals surface area contributed by atoms with Crippen LogP contribution in [0.4, 0.5) is 0 Å². The number of rotatable bonds is 22. The highest BCUT2D eigenvalue weighted by Gasteiger charge is 2.42. The average molecular weight is 923 g/mol. The summed E-state index contributed by atoms with van der Waals surface area (Å²) in [5.41, 5.74) is 1.10. The summed E-state index contributed by atoms with van der Waals surface area (Å²) in [6.45, 7) is 10.3. The Kier molecular flexibility index (Phi) is 19.3. The predicted octanol–water partition coefficient (Wildman–Crippen LogP) is -0.278. The van der Waals surface area contributed by atoms with Crippen LogP contribution in [0.25, 0.3) is 0 Å². The van der Waals surface area contributed by atoms with E-state index in [9.17, 15) is 58.8 Å². The summed E-state index contributed by atoms with van der Waals surface area (Å²) in [7, 11) is 0. The molecule has 2 aliphatic heterocycles. The molecule has 4 rings (SSSR count). The van der Waals surface area contributed by atoms with E-state index in [2.05, 4.69) is 37.2 Å². The smallest absolute Gasteiger partial charge is 0.326 e. The van der Waals surface area contributed by atoms with Crippen molar-refractivity contribution in [2.45, 2.75) is 141 Å². The Bertz CT molecular complexity index is 2030. The molecule has 0 bridgehead atoms. The summed E-state index contributed by atoms with van der Waals surface area (Å²) in [6.07, 6.45) is 0.762. The average Bonchev–Trinajstić information content (AvgIpc) is 4.01. The second-order valence-corrected chi connectivity index (χ2v) is 17.6. The van der Waals surface area contributed by atoms with Gasteiger partial charge in [0.25, 0.3) is 0 Å². The Morgan fingerprint density at radius 2 is 1.20 bits per heavy atom. The number of carbonyl (C=O) groups is 8. The zero-order valence-corrected chi connectivity index (χ0v) is 38.3. The van der Waals surface area contributed by atoms with Crippen molar-refractivity contribution in [2.75, 3.05) is 13.1 Å². The first kappa shape index (κ1) is 52.3. The Labute approximate surface area is 384 Å². The van der Waals surface area contributed by atoms with E-state index in [1.807, 2.05) is 0 Å². The molecule has 20 heteroatoms. The molecule has 2 fully saturated rings. The van der Waals surface area contributed by atoms with Gasteiger partial charge in [-0.25, -0.2) is 4.79 Å². The minimum atomic E-state index is -1.58. The number of nitrogens with one attached hydrogen (secondary N) is 7. The van der Waals surface area contributed by atoms with Crippen LogP contribution >= 0.6 is 0 Å². The van der Waals surface area contributed by atoms with Crippen molar-refractivity contribution in [3.8, 4) is 11.5 Å². The number of phenols is 2. The number of carboxylic acids is 1. The lowest BCUT2D eigenvalue weighted by Crippen LogP contribution is -2.63. The molecule has 0 radical (unpaired) electrons. The maximum Gasteiger partial charge on any atom is 0.326 e. The van der Waals surface area contributed by atoms with Crippen molar-refractivity contribution in [1.29, 1.82) is 0 Å². The molecule has 0 unspecified atom stereocenters. The lowest BCUT2D eigenvalue weighted by atomic mass is 9.95. The number of amides is 7. The molecule has 10 atom stereocenters. The standard InChI is InChI=1S/C46H66N8O12/c1-7-25(4)37(52-41(60)33(22-28-12-16-30(56)17-13-28)49-39(58)26(5)48-40(59)32-10-8-20-47-32)44(63)51-36(24(2)3)43(62)53-38(27(6)55)45(64)54-21-9-11-35(54)42(61)50-34(46(65)66)23-29-14-18-31(57)19-15-29/h12-19,24-27,32-38,47,55-57H,7-11,20-23H2,1-6H3,(H,48,59)(H,49,58)(H,50,61)(H,51,63)(H,52,60)(H,53,62)(H,65,66)/t25-,26-,27+,32-,33-,34-,35-,36-,37-,38-/m0/s1. The first-order valence-electron chi connectivity index (χ1n) is 22.5. The topological polar surface area (TPSA) is 305 Å². The molecule has 66 heavy (non-hydrogen) atoms. The van der Waals surface area contributed by atoms with Crippen molar-refractivity contribution in [3.63, 3.8) is 0 Å². The van der Waals surface area contributed by atoms with Gasteiger partial charge >= 0.3 is 5.97 Å². The van der Waals surface area contributed by atoms with Gasteiger partial charge in [-0.3, -0.25) is 33.6 Å². The summed E-state index contributed by atoms with van der Waals surface area (Å²) in [4.78, 5) is 109. The quantitative estimate of drug-likeness (QED) is 0.0726. The van der Waals surface area contributed by atoms with Gasteiger partial charge in [-0.05, 0) is 93.3 Å². The third kappa shape index (κ3) is 14.6. The molecule has 2 heterocycles. The molecule has 2 aromatic carbocycles. The fourth-order valence-corrected chi connectivity index (χ4v) is 7.84. The highest BCUT2D eigenvalue weighted by Crippen LogP contribution is 2.21. The number of nitrogens with zero attached hydrogens (tertiary/aromatic N) is 1. The van der Waals surface area contributed by atoms with Gasteiger partial charge in [-0.1, -0.05) is 58.4 Å². The number of benzene rings is 2. The number of carbonyl (C=O) groups excluding carboxylic acids is 7. The molecule has 362 valence electrons. The minimum absolute atomic E-state index is 0.0143. The van der Waals surface area contributed by atoms with E-state index in [0.29, 0.717) is 36.9 Å². The maximum absolute atomic E-state index is 14.1. The number of aliphatic hydroxyl groups excluding tert-OH is 1. The molecular weight excluding hydrogens is 857 g/mol. The summed E-state index contributed by atoms with van der Waals surface area (Å²) in [5, 5.41) is 59.0. The number of aliphatic carboxylic acids is 1. The number of likely N-dealkylation sites (tertiary alicyclic amines) is 1. The van der Waals surface area contributed by atoms with Gasteiger partial charge in [-0.15, -0.1) is 0 Å². The number of carboxylic acid groups (broad SMARTS) is 1. The third-order valence-electron chi connectivity index (χ3n) is 12.1. The van der Waals surface area contributed by atoms with E-state index < -0.39 is 108 Å². The largest absolute Gasteiger partial charge is 0.508 e. The number of hydrogen-bond acceptors (Lipinski definition) is 12. The highest BCUT2D eigenvalue weighted by molar-refractivity contribution is 5.98. The zero-order chi connectivity index (χ0) is 48.8. The first-order chi connectivity index (χ1) is 31.2. The van der Waals surface area contributed by atoms with Gasteiger partial charge in [-0.2, -0.15) is 0 Å². The van der Waals surface area contributed by atoms with Gasteiger partial charge in [0.15, 0.2) is 0 Å². The van der Waals surface area contributed by atoms with Crippen molar-refractivity contribution in [1.82, 2.24) is 42.1 Å². The number of aromatic hydroxyl groups is 2. The molecule has 2 aromatic rings. The lowest BCUT2D eigenvalue weighted by molar-refractivity contribution is -0.146. The molecular formula is C46H66N8O12. The van der Waals surface area contributed by atoms with Crippen LogP contribution in [0.5, 0.6) is 11.5 Å². The first-order valence-corrected chi connectivity index (χ1v) is 22.5. The monoisotopic (exact) mass is 922 g/mol. The third-order valence-corrected chi connectivity index (χ3v) is 12.1. The molecule has 11 N–H and O–H groups in total. The number of hydrogen-bond donors (Lipinski definition) is 11. The summed E-state index contributed by atoms with van der Waals surface area (Å²) in [6, 6.07) is 2.50. The van der Waals surface area contributed by atoms with Crippen LogP contribution in [0.2, 0.25) is 0 Å². The van der Waals surface area contributed by atoms with Crippen molar-refractivity contribution >= 4 is 47.3 Å². The van der Waals surface area contributed by atoms with Crippen molar-refractivity contribution in [3.05, 3.63) is 59.7 Å². The Balaban J connectivity index is 1.47. The van der Waals surface area contributed by atoms with E-state index in [4.69, 9.17) is 0 Å². The van der Waals surface area contributed by atoms with Gasteiger partial charge in [0.2, 0.25) is 41.4 Å². The normalized spacial score (nSPS) is 19.5. The Morgan fingerprint density at radius 1 is 0.652 bits per heavy atom. The van der Waals surface area contributed by atoms with Crippen LogP contribution in [0.15, 0.2) is 48.5 Å². The molecule has 0 spiro atoms. The van der Waals surface area contributed by atoms with E-state index in [1.165, 1.54) is 55.1 Å². The Hall–Kier alpha value is -6.28. The molecule has 2 saturated heterocycles. The molecule has 2 aliphatic rings. The predicted molar refractivity (Wildman–Crippen MR) is 240 cm³/mol. The summed E-state index contributed by atoms with van der Waals surface area (Å²) in [5.74, 6) is -7.31. The van der Waals surface area contributed by atoms with Crippen LogP contribution in [-0.4, -0.2) is 140 Å². The zero-order valence-electron chi connectivity index (χ0n) is 38.3. The molecule has 0 aromatic heterocycles. The SMILES string of the molecule is CC[C@H](C)[C@H](NC(=O)[C@H](Cc1ccc(O)cc1)NC(=O)[C@H](C)NC(=O)[C@@H]1CCCN1)C(=O)N[C@H](C(=O)N[C@H](C(=O)N1CCC[C@H]1C(=O)N[C@@H](Cc1ccc(O)cc1)C(=O)O)[C@@H](C)O)C(C)C. The van der Waals surface area contributed by atoms with Gasteiger partial charge in [0.1, 0.15) is 53.8 Å². The second-order valence-electron chi connectivity index (χ2n) is 17.6. The highest BCUT2D eigenvalue weighted by atomic mass is 16.4. The summed E-state index contributed by atoms with van der Waals surface area (Å²) >= 11 is 0. The summed E-state index contributed by atoms with van der Waals surface area (Å²) < 4.78 is 0. The van der Waals surface area contributed by atoms with Crippen LogP contribution in [0, 0.1) is 11.8 Å². The number of phenolic OH excluding ortho intramolecular Hbond substituents is 2. The van der Waals surface area contributed by atoms with Crippen LogP contribution in [0.3, 0.4) is 0 Å². The van der Waals surface area contributed by atoms with E-state index in [0.717, 1.165) is 6.42 Å². The fraction of sp³-hybridized carbons (Fsp3) is 0.565. The van der Waals surface area contributed by atoms with Crippen LogP contribution in [-0.2, 0) is 51.2 Å². The molecule has 20 nitrogen and oxygen atoms in total. The maximum atomic E-state index is 14.1. The van der Waals surface area contributed by atoms with E-state index in [-0.39, 0.29) is 43.2 Å². The Morgan fingerprint density at radius 3 is 1.71 bits per heavy atom. The van der Waals surface area contributed by atoms with Crippen LogP contribution in [0.1, 0.15) is 84.8 Å². The van der Waals surface area contributed by atoms with Gasteiger partial charge < -0.3 is 62.5 Å². The molecule has 0 aliphatic carbocycles. The molecule has 0 saturated carbocycles. The van der Waals surface area contributed by atoms with Gasteiger partial charge in [0.05, 0.1) is 12.1 Å². The fourth-order valence-electron chi connectivity index (χ4n) is 7.84. The van der Waals surface area contributed by atoms with E-state index in [1.54, 1.807) is 39.8 Å². The van der Waals surface area contributed by atoms with Crippen LogP contribution < -0.4 is 37.2 Å².